The van der Waals surface area contributed by atoms with E-state index in [9.17, 15) is 14.0 Å². The van der Waals surface area contributed by atoms with Gasteiger partial charge in [-0.3, -0.25) is 9.59 Å². The third-order valence-electron chi connectivity index (χ3n) is 6.38. The molecular weight excluding hydrogens is 429 g/mol. The van der Waals surface area contributed by atoms with Crippen LogP contribution in [0.4, 0.5) is 15.8 Å². The molecule has 0 aliphatic carbocycles. The number of nitrogens with one attached hydrogen (secondary N) is 1. The van der Waals surface area contributed by atoms with Crippen molar-refractivity contribution in [3.8, 4) is 0 Å². The van der Waals surface area contributed by atoms with E-state index in [1.54, 1.807) is 4.90 Å². The fourth-order valence-corrected chi connectivity index (χ4v) is 4.48. The molecule has 0 saturated carbocycles. The van der Waals surface area contributed by atoms with Crippen LogP contribution < -0.4 is 10.2 Å². The fourth-order valence-electron chi connectivity index (χ4n) is 4.48. The Kier molecular flexibility index (Phi) is 6.96. The van der Waals surface area contributed by atoms with Gasteiger partial charge >= 0.3 is 0 Å². The number of anilines is 2. The first-order chi connectivity index (χ1) is 16.3. The summed E-state index contributed by atoms with van der Waals surface area (Å²) < 4.78 is 13.4. The van der Waals surface area contributed by atoms with Crippen molar-refractivity contribution >= 4 is 23.2 Å². The molecule has 1 aliphatic heterocycles. The second-order valence-corrected chi connectivity index (χ2v) is 9.10. The van der Waals surface area contributed by atoms with Crippen LogP contribution in [0.5, 0.6) is 0 Å². The number of carbonyl (C=O) groups is 2. The van der Waals surface area contributed by atoms with Gasteiger partial charge in [-0.05, 0) is 73.9 Å². The average molecular weight is 460 g/mol. The molecule has 4 rings (SSSR count). The van der Waals surface area contributed by atoms with Crippen molar-refractivity contribution in [1.82, 2.24) is 4.90 Å². The molecular formula is C28H30FN3O2. The fraction of sp³-hybridized carbons (Fsp3) is 0.286. The molecule has 0 aromatic heterocycles. The van der Waals surface area contributed by atoms with Gasteiger partial charge < -0.3 is 15.1 Å². The Morgan fingerprint density at radius 2 is 1.68 bits per heavy atom. The second kappa shape index (κ2) is 10.1. The summed E-state index contributed by atoms with van der Waals surface area (Å²) in [5.41, 5.74) is 4.36. The lowest BCUT2D eigenvalue weighted by Crippen LogP contribution is -2.45. The average Bonchev–Trinajstić information content (AvgIpc) is 2.84. The number of carbonyl (C=O) groups excluding carboxylic acids is 2. The molecule has 2 amide bonds. The van der Waals surface area contributed by atoms with Crippen molar-refractivity contribution in [2.24, 2.45) is 5.92 Å². The number of aryl methyl sites for hydroxylation is 1. The van der Waals surface area contributed by atoms with Gasteiger partial charge in [0.2, 0.25) is 5.91 Å². The molecule has 1 fully saturated rings. The van der Waals surface area contributed by atoms with Gasteiger partial charge in [0.15, 0.2) is 0 Å². The van der Waals surface area contributed by atoms with E-state index in [0.717, 1.165) is 22.5 Å². The number of hydrogen-bond donors (Lipinski definition) is 1. The molecule has 1 saturated heterocycles. The molecule has 3 aromatic carbocycles. The molecule has 1 N–H and O–H groups in total. The summed E-state index contributed by atoms with van der Waals surface area (Å²) in [6, 6.07) is 21.2. The minimum Gasteiger partial charge on any atom is -0.378 e. The molecule has 34 heavy (non-hydrogen) atoms. The number of halogens is 1. The Bertz CT molecular complexity index is 1160. The quantitative estimate of drug-likeness (QED) is 0.553. The molecule has 0 radical (unpaired) electrons. The number of amides is 2. The van der Waals surface area contributed by atoms with Crippen LogP contribution in [0.2, 0.25) is 0 Å². The van der Waals surface area contributed by atoms with Crippen LogP contribution in [0.1, 0.15) is 40.4 Å². The van der Waals surface area contributed by atoms with Gasteiger partial charge in [-0.1, -0.05) is 29.8 Å². The Labute approximate surface area is 200 Å². The third-order valence-corrected chi connectivity index (χ3v) is 6.38. The van der Waals surface area contributed by atoms with Crippen molar-refractivity contribution in [1.29, 1.82) is 0 Å². The van der Waals surface area contributed by atoms with E-state index in [1.165, 1.54) is 24.3 Å². The molecule has 0 spiro atoms. The first kappa shape index (κ1) is 23.5. The Morgan fingerprint density at radius 1 is 0.971 bits per heavy atom. The van der Waals surface area contributed by atoms with E-state index in [1.807, 2.05) is 68.4 Å². The van der Waals surface area contributed by atoms with Crippen molar-refractivity contribution in [3.63, 3.8) is 0 Å². The van der Waals surface area contributed by atoms with Gasteiger partial charge in [0.05, 0.1) is 12.0 Å². The first-order valence-corrected chi connectivity index (χ1v) is 11.5. The predicted molar refractivity (Wildman–Crippen MR) is 133 cm³/mol. The number of likely N-dealkylation sites (tertiary alicyclic amines) is 1. The SMILES string of the molecule is Cc1cccc(C2CCC(C(=O)Nc3ccc(N(C)C)cc3)CN2C(=O)c2ccc(F)cc2)c1. The summed E-state index contributed by atoms with van der Waals surface area (Å²) in [6.45, 7) is 2.33. The zero-order valence-corrected chi connectivity index (χ0v) is 19.8. The molecule has 2 atom stereocenters. The highest BCUT2D eigenvalue weighted by atomic mass is 19.1. The smallest absolute Gasteiger partial charge is 0.254 e. The van der Waals surface area contributed by atoms with Crippen molar-refractivity contribution < 1.29 is 14.0 Å². The highest BCUT2D eigenvalue weighted by Crippen LogP contribution is 2.35. The molecule has 0 bridgehead atoms. The van der Waals surface area contributed by atoms with Crippen LogP contribution in [0, 0.1) is 18.7 Å². The third kappa shape index (κ3) is 5.28. The summed E-state index contributed by atoms with van der Waals surface area (Å²) in [7, 11) is 3.93. The van der Waals surface area contributed by atoms with E-state index in [2.05, 4.69) is 11.4 Å². The van der Waals surface area contributed by atoms with Gasteiger partial charge in [0.1, 0.15) is 5.82 Å². The van der Waals surface area contributed by atoms with Gasteiger partial charge in [0, 0.05) is 37.6 Å². The number of hydrogen-bond acceptors (Lipinski definition) is 3. The highest BCUT2D eigenvalue weighted by Gasteiger charge is 2.36. The Balaban J connectivity index is 1.55. The highest BCUT2D eigenvalue weighted by molar-refractivity contribution is 5.96. The maximum Gasteiger partial charge on any atom is 0.254 e. The zero-order valence-electron chi connectivity index (χ0n) is 19.8. The van der Waals surface area contributed by atoms with Crippen molar-refractivity contribution in [2.75, 3.05) is 30.9 Å². The lowest BCUT2D eigenvalue weighted by atomic mass is 9.87. The molecule has 6 heteroatoms. The van der Waals surface area contributed by atoms with E-state index in [0.29, 0.717) is 24.9 Å². The monoisotopic (exact) mass is 459 g/mol. The lowest BCUT2D eigenvalue weighted by Gasteiger charge is -2.39. The molecule has 1 aliphatic rings. The summed E-state index contributed by atoms with van der Waals surface area (Å²) in [5, 5.41) is 3.00. The topological polar surface area (TPSA) is 52.7 Å². The molecule has 5 nitrogen and oxygen atoms in total. The lowest BCUT2D eigenvalue weighted by molar-refractivity contribution is -0.121. The number of nitrogens with zero attached hydrogens (tertiary/aromatic N) is 2. The van der Waals surface area contributed by atoms with Crippen LogP contribution in [0.25, 0.3) is 0 Å². The maximum atomic E-state index is 13.5. The second-order valence-electron chi connectivity index (χ2n) is 9.10. The van der Waals surface area contributed by atoms with Crippen LogP contribution in [0.15, 0.2) is 72.8 Å². The van der Waals surface area contributed by atoms with Crippen LogP contribution in [-0.2, 0) is 4.79 Å². The largest absolute Gasteiger partial charge is 0.378 e. The minimum absolute atomic E-state index is 0.0998. The number of rotatable bonds is 5. The maximum absolute atomic E-state index is 13.5. The Morgan fingerprint density at radius 3 is 2.32 bits per heavy atom. The van der Waals surface area contributed by atoms with Gasteiger partial charge in [0.25, 0.3) is 5.91 Å². The summed E-state index contributed by atoms with van der Waals surface area (Å²) in [4.78, 5) is 30.4. The van der Waals surface area contributed by atoms with E-state index in [-0.39, 0.29) is 29.6 Å². The zero-order chi connectivity index (χ0) is 24.2. The Hall–Kier alpha value is -3.67. The minimum atomic E-state index is -0.386. The standard InChI is InChI=1S/C28H30FN3O2/c1-19-5-4-6-21(17-19)26-16-9-22(18-32(26)28(34)20-7-10-23(29)11-8-20)27(33)30-24-12-14-25(15-13-24)31(2)3/h4-8,10-15,17,22,26H,9,16,18H2,1-3H3,(H,30,33). The van der Waals surface area contributed by atoms with Gasteiger partial charge in [-0.2, -0.15) is 0 Å². The van der Waals surface area contributed by atoms with Crippen LogP contribution >= 0.6 is 0 Å². The number of piperidine rings is 1. The predicted octanol–water partition coefficient (Wildman–Crippen LogP) is 5.43. The molecule has 3 aromatic rings. The first-order valence-electron chi connectivity index (χ1n) is 11.5. The van der Waals surface area contributed by atoms with E-state index < -0.39 is 0 Å². The van der Waals surface area contributed by atoms with Crippen molar-refractivity contribution in [2.45, 2.75) is 25.8 Å². The summed E-state index contributed by atoms with van der Waals surface area (Å²) in [5.74, 6) is -1.02. The molecule has 1 heterocycles. The molecule has 2 unspecified atom stereocenters. The van der Waals surface area contributed by atoms with E-state index in [4.69, 9.17) is 0 Å². The molecule has 176 valence electrons. The normalized spacial score (nSPS) is 17.8. The van der Waals surface area contributed by atoms with Crippen molar-refractivity contribution in [3.05, 3.63) is 95.3 Å². The van der Waals surface area contributed by atoms with Crippen LogP contribution in [-0.4, -0.2) is 37.4 Å². The van der Waals surface area contributed by atoms with Gasteiger partial charge in [-0.15, -0.1) is 0 Å². The number of benzene rings is 3. The van der Waals surface area contributed by atoms with Gasteiger partial charge in [-0.25, -0.2) is 4.39 Å². The van der Waals surface area contributed by atoms with Crippen LogP contribution in [0.3, 0.4) is 0 Å². The summed E-state index contributed by atoms with van der Waals surface area (Å²) >= 11 is 0. The van der Waals surface area contributed by atoms with E-state index >= 15 is 0 Å². The summed E-state index contributed by atoms with van der Waals surface area (Å²) in [6.07, 6.45) is 1.35.